The Balaban J connectivity index is 1.04. The van der Waals surface area contributed by atoms with Crippen molar-refractivity contribution in [3.8, 4) is 11.1 Å². The highest BCUT2D eigenvalue weighted by Crippen LogP contribution is 2.90. The molecule has 8 atom stereocenters. The van der Waals surface area contributed by atoms with Crippen LogP contribution in [0.3, 0.4) is 0 Å². The van der Waals surface area contributed by atoms with Gasteiger partial charge in [0.1, 0.15) is 0 Å². The van der Waals surface area contributed by atoms with E-state index in [9.17, 15) is 0 Å². The second kappa shape index (κ2) is 9.30. The van der Waals surface area contributed by atoms with Gasteiger partial charge in [0.25, 0.3) is 0 Å². The van der Waals surface area contributed by atoms with Crippen LogP contribution in [-0.2, 0) is 21.7 Å². The molecular formula is C51H55N. The van der Waals surface area contributed by atoms with Gasteiger partial charge in [-0.05, 0) is 191 Å². The number of anilines is 3. The SMILES string of the molecule is CC1(C)CCC(C)(C)c2c(N(c3ccc(C45CC6CC(CC4C6)C5)cc3)c3cccc4c3-c3ccccc3C43C4CC5CC6CC3C64C5)cccc21. The quantitative estimate of drug-likeness (QED) is 0.207. The van der Waals surface area contributed by atoms with Crippen molar-refractivity contribution in [1.29, 1.82) is 0 Å². The van der Waals surface area contributed by atoms with Gasteiger partial charge in [-0.2, -0.15) is 0 Å². The summed E-state index contributed by atoms with van der Waals surface area (Å²) in [5.74, 6) is 6.49. The van der Waals surface area contributed by atoms with Crippen molar-refractivity contribution < 1.29 is 0 Å². The molecule has 2 spiro atoms. The third kappa shape index (κ3) is 3.23. The Morgan fingerprint density at radius 3 is 1.98 bits per heavy atom. The topological polar surface area (TPSA) is 3.24 Å². The van der Waals surface area contributed by atoms with Crippen molar-refractivity contribution in [3.05, 3.63) is 113 Å². The van der Waals surface area contributed by atoms with E-state index >= 15 is 0 Å². The summed E-state index contributed by atoms with van der Waals surface area (Å²) in [4.78, 5) is 2.76. The highest BCUT2D eigenvalue weighted by Gasteiger charge is 2.84. The van der Waals surface area contributed by atoms with E-state index in [-0.39, 0.29) is 16.2 Å². The number of hydrogen-bond donors (Lipinski definition) is 0. The lowest BCUT2D eigenvalue weighted by molar-refractivity contribution is -0.231. The lowest BCUT2D eigenvalue weighted by Crippen LogP contribution is -2.73. The van der Waals surface area contributed by atoms with Crippen LogP contribution < -0.4 is 4.90 Å². The molecule has 4 aromatic carbocycles. The molecule has 10 aliphatic carbocycles. The van der Waals surface area contributed by atoms with Crippen molar-refractivity contribution in [2.45, 2.75) is 120 Å². The average Bonchev–Trinajstić information content (AvgIpc) is 3.89. The van der Waals surface area contributed by atoms with E-state index in [4.69, 9.17) is 0 Å². The van der Waals surface area contributed by atoms with Crippen molar-refractivity contribution in [2.75, 3.05) is 4.90 Å². The van der Waals surface area contributed by atoms with Crippen LogP contribution in [0.25, 0.3) is 11.1 Å². The summed E-state index contributed by atoms with van der Waals surface area (Å²) in [6, 6.07) is 34.9. The average molecular weight is 682 g/mol. The zero-order valence-electron chi connectivity index (χ0n) is 31.8. The Hall–Kier alpha value is -3.32. The molecule has 0 amide bonds. The van der Waals surface area contributed by atoms with Crippen LogP contribution in [-0.4, -0.2) is 0 Å². The predicted molar refractivity (Wildman–Crippen MR) is 213 cm³/mol. The lowest BCUT2D eigenvalue weighted by Gasteiger charge is -2.76. The van der Waals surface area contributed by atoms with Crippen LogP contribution in [0.5, 0.6) is 0 Å². The maximum absolute atomic E-state index is 2.76. The fraction of sp³-hybridized carbons (Fsp3) is 0.529. The van der Waals surface area contributed by atoms with Crippen LogP contribution in [0, 0.1) is 46.8 Å². The highest BCUT2D eigenvalue weighted by atomic mass is 15.2. The summed E-state index contributed by atoms with van der Waals surface area (Å²) < 4.78 is 0. The summed E-state index contributed by atoms with van der Waals surface area (Å²) in [6.45, 7) is 10.0. The van der Waals surface area contributed by atoms with Gasteiger partial charge in [-0.3, -0.25) is 0 Å². The van der Waals surface area contributed by atoms with Gasteiger partial charge in [0.15, 0.2) is 0 Å². The van der Waals surface area contributed by atoms with Gasteiger partial charge in [-0.25, -0.2) is 0 Å². The molecule has 6 bridgehead atoms. The third-order valence-electron chi connectivity index (χ3n) is 18.6. The zero-order chi connectivity index (χ0) is 34.6. The number of hydrogen-bond acceptors (Lipinski definition) is 1. The van der Waals surface area contributed by atoms with E-state index in [1.165, 1.54) is 93.3 Å². The van der Waals surface area contributed by atoms with Crippen molar-refractivity contribution in [3.63, 3.8) is 0 Å². The van der Waals surface area contributed by atoms with E-state index in [0.29, 0.717) is 10.8 Å². The smallest absolute Gasteiger partial charge is 0.0543 e. The molecule has 8 fully saturated rings. The van der Waals surface area contributed by atoms with E-state index in [1.54, 1.807) is 33.4 Å². The normalized spacial score (nSPS) is 40.6. The zero-order valence-corrected chi connectivity index (χ0v) is 31.8. The Bertz CT molecular complexity index is 2210. The van der Waals surface area contributed by atoms with Gasteiger partial charge in [0.05, 0.1) is 11.4 Å². The summed E-state index contributed by atoms with van der Waals surface area (Å²) >= 11 is 0. The molecule has 0 saturated heterocycles. The lowest BCUT2D eigenvalue weighted by atomic mass is 9.27. The molecule has 52 heavy (non-hydrogen) atoms. The van der Waals surface area contributed by atoms with Gasteiger partial charge in [0.2, 0.25) is 0 Å². The Labute approximate surface area is 311 Å². The van der Waals surface area contributed by atoms with E-state index in [0.717, 1.165) is 41.4 Å². The molecule has 1 nitrogen and oxygen atoms in total. The maximum atomic E-state index is 2.76. The van der Waals surface area contributed by atoms with Crippen LogP contribution >= 0.6 is 0 Å². The number of benzene rings is 4. The predicted octanol–water partition coefficient (Wildman–Crippen LogP) is 12.9. The summed E-state index contributed by atoms with van der Waals surface area (Å²) in [5, 5.41) is 0. The Kier molecular flexibility index (Phi) is 5.38. The van der Waals surface area contributed by atoms with Crippen LogP contribution in [0.4, 0.5) is 17.1 Å². The van der Waals surface area contributed by atoms with Crippen molar-refractivity contribution >= 4 is 17.1 Å². The number of rotatable bonds is 4. The molecule has 0 radical (unpaired) electrons. The van der Waals surface area contributed by atoms with Crippen LogP contribution in [0.2, 0.25) is 0 Å². The van der Waals surface area contributed by atoms with Gasteiger partial charge >= 0.3 is 0 Å². The van der Waals surface area contributed by atoms with Crippen LogP contribution in [0.1, 0.15) is 126 Å². The minimum atomic E-state index is 0.0992. The Morgan fingerprint density at radius 2 is 1.19 bits per heavy atom. The molecule has 4 aromatic rings. The molecule has 8 unspecified atom stereocenters. The molecule has 264 valence electrons. The van der Waals surface area contributed by atoms with Gasteiger partial charge in [-0.1, -0.05) is 88.4 Å². The molecule has 8 saturated carbocycles. The fourth-order valence-corrected chi connectivity index (χ4v) is 17.0. The van der Waals surface area contributed by atoms with Gasteiger partial charge in [0, 0.05) is 16.7 Å². The van der Waals surface area contributed by atoms with Crippen molar-refractivity contribution in [2.24, 2.45) is 46.8 Å². The molecule has 0 aliphatic heterocycles. The third-order valence-corrected chi connectivity index (χ3v) is 18.6. The van der Waals surface area contributed by atoms with Crippen LogP contribution in [0.15, 0.2) is 84.9 Å². The minimum absolute atomic E-state index is 0.0992. The number of nitrogens with zero attached hydrogens (tertiary/aromatic N) is 1. The molecule has 14 rings (SSSR count). The first-order chi connectivity index (χ1) is 25.1. The first-order valence-electron chi connectivity index (χ1n) is 21.4. The first-order valence-corrected chi connectivity index (χ1v) is 21.4. The molecule has 0 N–H and O–H groups in total. The molecule has 0 aromatic heterocycles. The second-order valence-electron chi connectivity index (χ2n) is 21.4. The number of fused-ring (bicyclic) bond motifs is 9. The minimum Gasteiger partial charge on any atom is -0.310 e. The maximum Gasteiger partial charge on any atom is 0.0543 e. The summed E-state index contributed by atoms with van der Waals surface area (Å²) in [5.41, 5.74) is 16.9. The fourth-order valence-electron chi connectivity index (χ4n) is 17.0. The Morgan fingerprint density at radius 1 is 0.538 bits per heavy atom. The van der Waals surface area contributed by atoms with E-state index in [2.05, 4.69) is 118 Å². The van der Waals surface area contributed by atoms with Gasteiger partial charge < -0.3 is 4.90 Å². The first kappa shape index (κ1) is 30.1. The van der Waals surface area contributed by atoms with E-state index < -0.39 is 0 Å². The molecule has 1 heteroatoms. The van der Waals surface area contributed by atoms with E-state index in [1.807, 2.05) is 0 Å². The monoisotopic (exact) mass is 681 g/mol. The van der Waals surface area contributed by atoms with Crippen molar-refractivity contribution in [1.82, 2.24) is 0 Å². The second-order valence-corrected chi connectivity index (χ2v) is 21.4. The van der Waals surface area contributed by atoms with Gasteiger partial charge in [-0.15, -0.1) is 0 Å². The molecular weight excluding hydrogens is 627 g/mol. The molecule has 0 heterocycles. The standard InChI is InChI=1S/C51H55N/c1-47(2)19-20-48(3,4)46-40(47)12-8-14-42(46)52(36-17-15-33(16-18-36)49-27-30-21-31(28-49)23-34(49)22-30)41-13-7-11-39-45(41)37-9-5-6-10-38(37)51(39)43-25-32-24-35-26-44(51)50(35,43)29-32/h5-18,30-32,34-35,43-44H,19-29H2,1-4H3. The molecule has 10 aliphatic rings. The largest absolute Gasteiger partial charge is 0.310 e. The summed E-state index contributed by atoms with van der Waals surface area (Å²) in [6.07, 6.45) is 15.7. The highest BCUT2D eigenvalue weighted by molar-refractivity contribution is 5.96. The summed E-state index contributed by atoms with van der Waals surface area (Å²) in [7, 11) is 0.